The molecule has 3 N–H and O–H groups in total. The van der Waals surface area contributed by atoms with Crippen LogP contribution in [0.15, 0.2) is 33.2 Å². The fraction of sp³-hybridized carbons (Fsp3) is 0.750. The number of amides is 3. The Kier molecular flexibility index (Phi) is 29.3. The minimum absolute atomic E-state index is 0.0556. The van der Waals surface area contributed by atoms with Gasteiger partial charge in [0.25, 0.3) is 0 Å². The molecule has 3 aliphatic rings. The van der Waals surface area contributed by atoms with E-state index in [1.165, 1.54) is 68.2 Å². The van der Waals surface area contributed by atoms with Crippen LogP contribution in [0.1, 0.15) is 139 Å². The number of thioether (sulfide) groups is 3. The summed E-state index contributed by atoms with van der Waals surface area (Å²) >= 11 is 4.44. The van der Waals surface area contributed by atoms with Crippen LogP contribution in [-0.4, -0.2) is 197 Å². The standard InChI is InChI=1S/C60H90N6O18S3/c1-55(2)28-43(61-40-67)31-58(7,34-55)37-64(49(70)71)13-22-85-19-10-16-79-52(76)82-46-25-47(83-53(77)80-17-11-20-86-23-14-65(50(72)73)38-59(8)32-44(62-41-68)29-56(3,4)35-59)27-48(26-46)84-54(78)81-18-12-21-87-24-15-66(51(74)75)39-60(9)33-45(63-42-69)30-57(5,6)36-60/h25-27,43-45H,10-24,28-39H2,1-9H3,(H,70,71)(H,72,73)(H,74,75). The molecule has 0 aliphatic heterocycles. The van der Waals surface area contributed by atoms with E-state index in [1.54, 1.807) is 18.2 Å². The van der Waals surface area contributed by atoms with Crippen molar-refractivity contribution in [2.24, 2.45) is 47.5 Å². The van der Waals surface area contributed by atoms with Gasteiger partial charge < -0.3 is 58.4 Å². The zero-order valence-electron chi connectivity index (χ0n) is 51.9. The Labute approximate surface area is 523 Å². The van der Waals surface area contributed by atoms with Crippen LogP contribution < -0.4 is 14.2 Å². The van der Waals surface area contributed by atoms with Crippen molar-refractivity contribution in [1.29, 1.82) is 0 Å². The molecular weight excluding hydrogens is 1190 g/mol. The molecular formula is C60H90N6O18S3. The molecule has 0 radical (unpaired) electrons. The van der Waals surface area contributed by atoms with Crippen molar-refractivity contribution in [2.75, 3.05) is 93.6 Å². The molecule has 1 aromatic rings. The molecule has 0 bridgehead atoms. The van der Waals surface area contributed by atoms with E-state index in [1.807, 2.05) is 20.8 Å². The minimum Gasteiger partial charge on any atom is -0.465 e. The van der Waals surface area contributed by atoms with Gasteiger partial charge in [0.15, 0.2) is 0 Å². The maximum atomic E-state index is 12.9. The van der Waals surface area contributed by atoms with Gasteiger partial charge in [-0.15, -0.1) is 0 Å². The van der Waals surface area contributed by atoms with Crippen LogP contribution in [0.2, 0.25) is 0 Å². The van der Waals surface area contributed by atoms with Gasteiger partial charge in [0, 0.05) is 74.7 Å². The van der Waals surface area contributed by atoms with Gasteiger partial charge in [0.05, 0.1) is 37.9 Å². The van der Waals surface area contributed by atoms with E-state index in [0.29, 0.717) is 73.0 Å². The summed E-state index contributed by atoms with van der Waals surface area (Å²) in [4.78, 5) is 125. The van der Waals surface area contributed by atoms with Crippen molar-refractivity contribution in [3.63, 3.8) is 0 Å². The molecule has 3 saturated carbocycles. The van der Waals surface area contributed by atoms with Crippen molar-refractivity contribution in [1.82, 2.24) is 14.7 Å². The summed E-state index contributed by atoms with van der Waals surface area (Å²) in [5, 5.41) is 30.1. The SMILES string of the molecule is CC1(C)CC(N=C=O)CC(C)(CN(CCSCCCOC(=O)Oc2cc(OC(=O)OCCCSCCN(CC3(C)CC(N=C=O)CC(C)(C)C3)C(=O)O)cc(OC(=O)OCCCSCCN(CC3(C)CC(N=C=O)CC(C)(C)C3)C(=O)O)c2)C(=O)O)C1. The van der Waals surface area contributed by atoms with Crippen molar-refractivity contribution in [3.05, 3.63) is 18.2 Å². The molecule has 1 aromatic carbocycles. The minimum atomic E-state index is -1.12. The summed E-state index contributed by atoms with van der Waals surface area (Å²) < 4.78 is 32.0. The van der Waals surface area contributed by atoms with Crippen LogP contribution in [0.5, 0.6) is 17.2 Å². The van der Waals surface area contributed by atoms with Gasteiger partial charge in [-0.25, -0.2) is 58.1 Å². The molecule has 3 aliphatic carbocycles. The Morgan fingerprint density at radius 1 is 0.448 bits per heavy atom. The number of aliphatic imine (C=N–C) groups is 3. The third-order valence-electron chi connectivity index (χ3n) is 15.4. The molecule has 4 rings (SSSR count). The lowest BCUT2D eigenvalue weighted by atomic mass is 9.62. The predicted molar refractivity (Wildman–Crippen MR) is 330 cm³/mol. The second-order valence-corrected chi connectivity index (χ2v) is 30.2. The number of rotatable bonds is 33. The molecule has 24 nitrogen and oxygen atoms in total. The van der Waals surface area contributed by atoms with Gasteiger partial charge >= 0.3 is 36.7 Å². The van der Waals surface area contributed by atoms with Gasteiger partial charge in [-0.2, -0.15) is 35.3 Å². The Balaban J connectivity index is 1.27. The Morgan fingerprint density at radius 2 is 0.701 bits per heavy atom. The average molecular weight is 1280 g/mol. The third kappa shape index (κ3) is 28.0. The first-order chi connectivity index (χ1) is 40.9. The second-order valence-electron chi connectivity index (χ2n) is 26.6. The van der Waals surface area contributed by atoms with Crippen molar-refractivity contribution in [3.8, 4) is 17.2 Å². The highest BCUT2D eigenvalue weighted by molar-refractivity contribution is 7.99. The predicted octanol–water partition coefficient (Wildman–Crippen LogP) is 12.3. The quantitative estimate of drug-likeness (QED) is 0.0147. The summed E-state index contributed by atoms with van der Waals surface area (Å²) in [6.07, 6.45) is 5.93. The summed E-state index contributed by atoms with van der Waals surface area (Å²) in [5.74, 6) is 2.35. The highest BCUT2D eigenvalue weighted by Gasteiger charge is 2.45. The summed E-state index contributed by atoms with van der Waals surface area (Å²) in [6.45, 7) is 20.1. The maximum Gasteiger partial charge on any atom is 0.513 e. The highest BCUT2D eigenvalue weighted by atomic mass is 32.2. The smallest absolute Gasteiger partial charge is 0.465 e. The number of ether oxygens (including phenoxy) is 6. The highest BCUT2D eigenvalue weighted by Crippen LogP contribution is 2.50. The molecule has 3 amide bonds. The van der Waals surface area contributed by atoms with Gasteiger partial charge in [0.2, 0.25) is 18.2 Å². The lowest BCUT2D eigenvalue weighted by Crippen LogP contribution is -2.47. The lowest BCUT2D eigenvalue weighted by Gasteiger charge is -2.46. The van der Waals surface area contributed by atoms with Crippen LogP contribution >= 0.6 is 35.3 Å². The first kappa shape index (κ1) is 73.5. The fourth-order valence-corrected chi connectivity index (χ4v) is 16.2. The largest absolute Gasteiger partial charge is 0.513 e. The molecule has 486 valence electrons. The molecule has 0 spiro atoms. The number of carboxylic acid groups (broad SMARTS) is 3. The molecule has 87 heavy (non-hydrogen) atoms. The van der Waals surface area contributed by atoms with Crippen molar-refractivity contribution < 1.29 is 86.9 Å². The number of carbonyl (C=O) groups is 6. The fourth-order valence-electron chi connectivity index (χ4n) is 13.6. The van der Waals surface area contributed by atoms with Crippen molar-refractivity contribution in [2.45, 2.75) is 157 Å². The topological polar surface area (TPSA) is 316 Å². The van der Waals surface area contributed by atoms with Gasteiger partial charge in [0.1, 0.15) is 17.2 Å². The number of carbonyl (C=O) groups excluding carboxylic acids is 6. The first-order valence-corrected chi connectivity index (χ1v) is 32.9. The van der Waals surface area contributed by atoms with E-state index in [9.17, 15) is 58.5 Å². The third-order valence-corrected chi connectivity index (χ3v) is 18.6. The Bertz CT molecular complexity index is 2340. The summed E-state index contributed by atoms with van der Waals surface area (Å²) in [5.41, 5.74) is -1.52. The van der Waals surface area contributed by atoms with E-state index in [-0.39, 0.29) is 127 Å². The maximum absolute atomic E-state index is 12.9. The molecule has 3 fully saturated rings. The molecule has 0 aromatic heterocycles. The number of nitrogens with zero attached hydrogens (tertiary/aromatic N) is 6. The number of isocyanates is 3. The Morgan fingerprint density at radius 3 is 0.931 bits per heavy atom. The van der Waals surface area contributed by atoms with E-state index in [2.05, 4.69) is 56.5 Å². The molecule has 0 saturated heterocycles. The van der Waals surface area contributed by atoms with E-state index < -0.39 is 36.7 Å². The van der Waals surface area contributed by atoms with Crippen LogP contribution in [-0.2, 0) is 28.6 Å². The van der Waals surface area contributed by atoms with Gasteiger partial charge in [-0.1, -0.05) is 62.3 Å². The van der Waals surface area contributed by atoms with E-state index in [0.717, 1.165) is 38.5 Å². The van der Waals surface area contributed by atoms with Crippen LogP contribution in [0.25, 0.3) is 0 Å². The molecule has 0 heterocycles. The van der Waals surface area contributed by atoms with E-state index >= 15 is 0 Å². The monoisotopic (exact) mass is 1280 g/mol. The van der Waals surface area contributed by atoms with E-state index in [4.69, 9.17) is 28.4 Å². The molecule has 6 unspecified atom stereocenters. The van der Waals surface area contributed by atoms with Crippen molar-refractivity contribution >= 4 is 90.3 Å². The number of hydrogen-bond donors (Lipinski definition) is 3. The zero-order chi connectivity index (χ0) is 64.5. The number of hydrogen-bond acceptors (Lipinski definition) is 21. The summed E-state index contributed by atoms with van der Waals surface area (Å²) in [7, 11) is 0. The van der Waals surface area contributed by atoms with Gasteiger partial charge in [-0.05, 0) is 127 Å². The molecule has 27 heteroatoms. The van der Waals surface area contributed by atoms with Crippen LogP contribution in [0, 0.1) is 32.5 Å². The number of benzene rings is 1. The zero-order valence-corrected chi connectivity index (χ0v) is 54.4. The van der Waals surface area contributed by atoms with Crippen LogP contribution in [0.3, 0.4) is 0 Å². The summed E-state index contributed by atoms with van der Waals surface area (Å²) in [6, 6.07) is 2.89. The average Bonchev–Trinajstić information content (AvgIpc) is 1.17. The normalized spacial score (nSPS) is 23.3. The second kappa shape index (κ2) is 34.7. The lowest BCUT2D eigenvalue weighted by molar-refractivity contribution is 0.0479. The van der Waals surface area contributed by atoms with Crippen LogP contribution in [0.4, 0.5) is 28.8 Å². The van der Waals surface area contributed by atoms with Gasteiger partial charge in [-0.3, -0.25) is 0 Å². The Hall–Kier alpha value is -5.97. The first-order valence-electron chi connectivity index (χ1n) is 29.4. The molecule has 6 atom stereocenters.